The summed E-state index contributed by atoms with van der Waals surface area (Å²) >= 11 is 0. The Hall–Kier alpha value is -0.940. The van der Waals surface area contributed by atoms with Gasteiger partial charge in [0.15, 0.2) is 9.84 Å². The second kappa shape index (κ2) is 3.82. The van der Waals surface area contributed by atoms with E-state index in [0.717, 1.165) is 30.8 Å². The minimum atomic E-state index is -3.17. The highest BCUT2D eigenvalue weighted by Crippen LogP contribution is 2.22. The van der Waals surface area contributed by atoms with Gasteiger partial charge in [-0.25, -0.2) is 8.42 Å². The maximum Gasteiger partial charge on any atom is 0.177 e. The van der Waals surface area contributed by atoms with Crippen LogP contribution in [0.2, 0.25) is 0 Å². The highest BCUT2D eigenvalue weighted by molar-refractivity contribution is 7.90. The van der Waals surface area contributed by atoms with Crippen LogP contribution >= 0.6 is 0 Å². The Balaban J connectivity index is 2.56. The van der Waals surface area contributed by atoms with Gasteiger partial charge in [0.25, 0.3) is 0 Å². The largest absolute Gasteiger partial charge is 0.302 e. The van der Waals surface area contributed by atoms with Crippen molar-refractivity contribution in [2.45, 2.75) is 24.8 Å². The van der Waals surface area contributed by atoms with E-state index in [1.54, 1.807) is 13.0 Å². The second-order valence-corrected chi connectivity index (χ2v) is 6.42. The number of sulfone groups is 1. The lowest BCUT2D eigenvalue weighted by atomic mass is 10.1. The van der Waals surface area contributed by atoms with Gasteiger partial charge in [0, 0.05) is 31.5 Å². The molecule has 0 aromatic carbocycles. The molecular weight excluding hydrogens is 224 g/mol. The molecule has 0 saturated carbocycles. The Bertz CT molecular complexity index is 523. The van der Waals surface area contributed by atoms with Crippen LogP contribution in [0.1, 0.15) is 17.0 Å². The van der Waals surface area contributed by atoms with Crippen molar-refractivity contribution in [3.8, 4) is 0 Å². The van der Waals surface area contributed by atoms with E-state index < -0.39 is 9.84 Å². The SMILES string of the molecule is Cc1nc2c(cc1S(C)(=O)=O)CN(C)CC2. The Morgan fingerprint density at radius 3 is 2.75 bits per heavy atom. The number of aryl methyl sites for hydroxylation is 1. The lowest BCUT2D eigenvalue weighted by Crippen LogP contribution is -2.28. The molecule has 16 heavy (non-hydrogen) atoms. The Kier molecular flexibility index (Phi) is 2.75. The summed E-state index contributed by atoms with van der Waals surface area (Å²) < 4.78 is 23.1. The van der Waals surface area contributed by atoms with E-state index in [9.17, 15) is 8.42 Å². The highest BCUT2D eigenvalue weighted by Gasteiger charge is 2.19. The van der Waals surface area contributed by atoms with Gasteiger partial charge in [0.2, 0.25) is 0 Å². The molecule has 5 heteroatoms. The molecule has 1 aliphatic rings. The van der Waals surface area contributed by atoms with Crippen LogP contribution in [0.5, 0.6) is 0 Å². The Morgan fingerprint density at radius 2 is 2.12 bits per heavy atom. The normalized spacial score (nSPS) is 17.2. The number of fused-ring (bicyclic) bond motifs is 1. The summed E-state index contributed by atoms with van der Waals surface area (Å²) in [4.78, 5) is 6.94. The van der Waals surface area contributed by atoms with E-state index in [1.807, 2.05) is 7.05 Å². The molecule has 2 heterocycles. The summed E-state index contributed by atoms with van der Waals surface area (Å²) in [5.74, 6) is 0. The number of likely N-dealkylation sites (N-methyl/N-ethyl adjacent to an activating group) is 1. The number of hydrogen-bond donors (Lipinski definition) is 0. The molecular formula is C11H16N2O2S. The second-order valence-electron chi connectivity index (χ2n) is 4.44. The molecule has 2 rings (SSSR count). The van der Waals surface area contributed by atoms with Gasteiger partial charge in [-0.3, -0.25) is 4.98 Å². The van der Waals surface area contributed by atoms with E-state index >= 15 is 0 Å². The quantitative estimate of drug-likeness (QED) is 0.728. The number of nitrogens with zero attached hydrogens (tertiary/aromatic N) is 2. The van der Waals surface area contributed by atoms with Crippen LogP contribution in [0.15, 0.2) is 11.0 Å². The van der Waals surface area contributed by atoms with Gasteiger partial charge < -0.3 is 4.90 Å². The lowest BCUT2D eigenvalue weighted by molar-refractivity contribution is 0.309. The van der Waals surface area contributed by atoms with Crippen LogP contribution in [0.25, 0.3) is 0 Å². The van der Waals surface area contributed by atoms with Crippen LogP contribution in [-0.2, 0) is 22.8 Å². The third-order valence-corrected chi connectivity index (χ3v) is 4.12. The topological polar surface area (TPSA) is 50.3 Å². The van der Waals surface area contributed by atoms with Crippen LogP contribution in [0.3, 0.4) is 0 Å². The van der Waals surface area contributed by atoms with Crippen LogP contribution < -0.4 is 0 Å². The molecule has 0 radical (unpaired) electrons. The molecule has 4 nitrogen and oxygen atoms in total. The first-order chi connectivity index (χ1) is 7.38. The molecule has 0 atom stereocenters. The Labute approximate surface area is 96.2 Å². The van der Waals surface area contributed by atoms with Gasteiger partial charge >= 0.3 is 0 Å². The standard InChI is InChI=1S/C11H16N2O2S/c1-8-11(16(3,14)15)6-9-7-13(2)5-4-10(9)12-8/h6H,4-5,7H2,1-3H3. The van der Waals surface area contributed by atoms with Crippen LogP contribution in [-0.4, -0.2) is 38.1 Å². The molecule has 0 fully saturated rings. The van der Waals surface area contributed by atoms with Gasteiger partial charge in [-0.15, -0.1) is 0 Å². The molecule has 1 aliphatic heterocycles. The Morgan fingerprint density at radius 1 is 1.44 bits per heavy atom. The van der Waals surface area contributed by atoms with E-state index in [0.29, 0.717) is 10.6 Å². The highest BCUT2D eigenvalue weighted by atomic mass is 32.2. The van der Waals surface area contributed by atoms with Crippen LogP contribution in [0, 0.1) is 6.92 Å². The average molecular weight is 240 g/mol. The van der Waals surface area contributed by atoms with Crippen molar-refractivity contribution in [3.05, 3.63) is 23.0 Å². The maximum absolute atomic E-state index is 11.6. The van der Waals surface area contributed by atoms with Gasteiger partial charge in [0.05, 0.1) is 10.6 Å². The third kappa shape index (κ3) is 2.10. The molecule has 1 aromatic rings. The van der Waals surface area contributed by atoms with Crippen molar-refractivity contribution in [1.29, 1.82) is 0 Å². The summed E-state index contributed by atoms with van der Waals surface area (Å²) in [6.07, 6.45) is 2.13. The minimum Gasteiger partial charge on any atom is -0.302 e. The van der Waals surface area contributed by atoms with Crippen LogP contribution in [0.4, 0.5) is 0 Å². The first kappa shape index (κ1) is 11.5. The van der Waals surface area contributed by atoms with E-state index in [4.69, 9.17) is 0 Å². The van der Waals surface area contributed by atoms with Gasteiger partial charge in [0.1, 0.15) is 0 Å². The zero-order chi connectivity index (χ0) is 11.9. The van der Waals surface area contributed by atoms with Gasteiger partial charge in [-0.2, -0.15) is 0 Å². The third-order valence-electron chi connectivity index (χ3n) is 2.91. The molecule has 0 unspecified atom stereocenters. The van der Waals surface area contributed by atoms with Crippen molar-refractivity contribution >= 4 is 9.84 Å². The number of pyridine rings is 1. The molecule has 0 aliphatic carbocycles. The van der Waals surface area contributed by atoms with Gasteiger partial charge in [-0.1, -0.05) is 0 Å². The van der Waals surface area contributed by atoms with Crippen molar-refractivity contribution in [2.75, 3.05) is 19.8 Å². The van der Waals surface area contributed by atoms with E-state index in [2.05, 4.69) is 9.88 Å². The molecule has 1 aromatic heterocycles. The molecule has 0 bridgehead atoms. The summed E-state index contributed by atoms with van der Waals surface area (Å²) in [6, 6.07) is 1.78. The van der Waals surface area contributed by atoms with Gasteiger partial charge in [-0.05, 0) is 25.6 Å². The summed E-state index contributed by atoms with van der Waals surface area (Å²) in [6.45, 7) is 3.53. The smallest absolute Gasteiger partial charge is 0.177 e. The molecule has 88 valence electrons. The number of hydrogen-bond acceptors (Lipinski definition) is 4. The fourth-order valence-electron chi connectivity index (χ4n) is 2.07. The number of rotatable bonds is 1. The predicted octanol–water partition coefficient (Wildman–Crippen LogP) is 0.781. The predicted molar refractivity (Wildman–Crippen MR) is 62.1 cm³/mol. The number of aromatic nitrogens is 1. The van der Waals surface area contributed by atoms with Crippen molar-refractivity contribution in [2.24, 2.45) is 0 Å². The molecule has 0 N–H and O–H groups in total. The fraction of sp³-hybridized carbons (Fsp3) is 0.545. The lowest BCUT2D eigenvalue weighted by Gasteiger charge is -2.25. The van der Waals surface area contributed by atoms with Crippen molar-refractivity contribution in [1.82, 2.24) is 9.88 Å². The monoisotopic (exact) mass is 240 g/mol. The zero-order valence-electron chi connectivity index (χ0n) is 9.82. The maximum atomic E-state index is 11.6. The first-order valence-electron chi connectivity index (χ1n) is 5.26. The molecule has 0 saturated heterocycles. The summed E-state index contributed by atoms with van der Waals surface area (Å²) in [7, 11) is -1.13. The van der Waals surface area contributed by atoms with Crippen molar-refractivity contribution in [3.63, 3.8) is 0 Å². The summed E-state index contributed by atoms with van der Waals surface area (Å²) in [5.41, 5.74) is 2.70. The fourth-order valence-corrected chi connectivity index (χ4v) is 3.01. The first-order valence-corrected chi connectivity index (χ1v) is 7.15. The van der Waals surface area contributed by atoms with Crippen molar-refractivity contribution < 1.29 is 8.42 Å². The average Bonchev–Trinajstić information content (AvgIpc) is 2.16. The zero-order valence-corrected chi connectivity index (χ0v) is 10.6. The molecule has 0 amide bonds. The molecule has 0 spiro atoms. The minimum absolute atomic E-state index is 0.363. The summed E-state index contributed by atoms with van der Waals surface area (Å²) in [5, 5.41) is 0. The van der Waals surface area contributed by atoms with E-state index in [-0.39, 0.29) is 0 Å². The van der Waals surface area contributed by atoms with E-state index in [1.165, 1.54) is 6.26 Å².